The molecule has 0 unspecified atom stereocenters. The van der Waals surface area contributed by atoms with Gasteiger partial charge in [0.25, 0.3) is 0 Å². The number of carbonyl (C=O) groups excluding carboxylic acids is 2. The Morgan fingerprint density at radius 2 is 1.89 bits per heavy atom. The van der Waals surface area contributed by atoms with E-state index in [-0.39, 0.29) is 32.0 Å². The third-order valence-electron chi connectivity index (χ3n) is 2.39. The van der Waals surface area contributed by atoms with Crippen LogP contribution in [0.4, 0.5) is 4.79 Å². The van der Waals surface area contributed by atoms with Crippen LogP contribution in [0.2, 0.25) is 0 Å². The SMILES string of the molecule is CCNC(=O)CN(CC)C(=O)N[C@H](CCO)C(=O)O. The van der Waals surface area contributed by atoms with Crippen molar-refractivity contribution >= 4 is 17.9 Å². The van der Waals surface area contributed by atoms with Gasteiger partial charge >= 0.3 is 12.0 Å². The summed E-state index contributed by atoms with van der Waals surface area (Å²) in [5, 5.41) is 22.4. The maximum atomic E-state index is 11.8. The van der Waals surface area contributed by atoms with Crippen LogP contribution in [0.15, 0.2) is 0 Å². The Morgan fingerprint density at radius 3 is 2.32 bits per heavy atom. The van der Waals surface area contributed by atoms with Crippen LogP contribution in [0.1, 0.15) is 20.3 Å². The number of nitrogens with one attached hydrogen (secondary N) is 2. The zero-order valence-electron chi connectivity index (χ0n) is 11.2. The number of amides is 3. The molecular weight excluding hydrogens is 254 g/mol. The molecule has 0 fully saturated rings. The third kappa shape index (κ3) is 6.61. The highest BCUT2D eigenvalue weighted by Gasteiger charge is 2.23. The van der Waals surface area contributed by atoms with Gasteiger partial charge in [0.1, 0.15) is 12.6 Å². The van der Waals surface area contributed by atoms with E-state index in [9.17, 15) is 14.4 Å². The Labute approximate surface area is 111 Å². The molecule has 1 atom stereocenters. The highest BCUT2D eigenvalue weighted by molar-refractivity contribution is 5.86. The van der Waals surface area contributed by atoms with E-state index in [1.54, 1.807) is 13.8 Å². The second-order valence-electron chi connectivity index (χ2n) is 3.82. The van der Waals surface area contributed by atoms with Crippen molar-refractivity contribution in [2.75, 3.05) is 26.2 Å². The molecule has 0 aromatic rings. The standard InChI is InChI=1S/C11H21N3O5/c1-3-12-9(16)7-14(4-2)11(19)13-8(5-6-15)10(17)18/h8,15H,3-7H2,1-2H3,(H,12,16)(H,13,19)(H,17,18)/t8-/m1/s1. The maximum Gasteiger partial charge on any atom is 0.326 e. The average molecular weight is 275 g/mol. The number of likely N-dealkylation sites (N-methyl/N-ethyl adjacent to an activating group) is 2. The number of nitrogens with zero attached hydrogens (tertiary/aromatic N) is 1. The summed E-state index contributed by atoms with van der Waals surface area (Å²) in [6, 6.07) is -1.81. The molecule has 0 heterocycles. The lowest BCUT2D eigenvalue weighted by molar-refractivity contribution is -0.139. The van der Waals surface area contributed by atoms with Crippen LogP contribution in [-0.2, 0) is 9.59 Å². The predicted octanol–water partition coefficient (Wildman–Crippen LogP) is -1.01. The van der Waals surface area contributed by atoms with E-state index in [1.807, 2.05) is 0 Å². The fraction of sp³-hybridized carbons (Fsp3) is 0.727. The molecule has 0 saturated heterocycles. The second-order valence-corrected chi connectivity index (χ2v) is 3.82. The van der Waals surface area contributed by atoms with Crippen molar-refractivity contribution < 1.29 is 24.6 Å². The molecule has 19 heavy (non-hydrogen) atoms. The number of aliphatic hydroxyl groups is 1. The lowest BCUT2D eigenvalue weighted by Gasteiger charge is -2.23. The van der Waals surface area contributed by atoms with Crippen LogP contribution in [0.3, 0.4) is 0 Å². The third-order valence-corrected chi connectivity index (χ3v) is 2.39. The van der Waals surface area contributed by atoms with Gasteiger partial charge in [-0.2, -0.15) is 0 Å². The van der Waals surface area contributed by atoms with Gasteiger partial charge in [-0.05, 0) is 13.8 Å². The van der Waals surface area contributed by atoms with E-state index >= 15 is 0 Å². The zero-order valence-corrected chi connectivity index (χ0v) is 11.2. The smallest absolute Gasteiger partial charge is 0.326 e. The molecule has 3 amide bonds. The van der Waals surface area contributed by atoms with Crippen LogP contribution in [0.25, 0.3) is 0 Å². The highest BCUT2D eigenvalue weighted by atomic mass is 16.4. The summed E-state index contributed by atoms with van der Waals surface area (Å²) in [5.41, 5.74) is 0. The minimum atomic E-state index is -1.23. The Kier molecular flexibility index (Phi) is 8.27. The van der Waals surface area contributed by atoms with Gasteiger partial charge < -0.3 is 25.7 Å². The zero-order chi connectivity index (χ0) is 14.8. The molecule has 110 valence electrons. The minimum absolute atomic E-state index is 0.0835. The van der Waals surface area contributed by atoms with Crippen molar-refractivity contribution in [3.63, 3.8) is 0 Å². The molecule has 8 heteroatoms. The van der Waals surface area contributed by atoms with Crippen molar-refractivity contribution in [2.24, 2.45) is 0 Å². The predicted molar refractivity (Wildman–Crippen MR) is 67.6 cm³/mol. The van der Waals surface area contributed by atoms with E-state index in [0.29, 0.717) is 6.54 Å². The summed E-state index contributed by atoms with van der Waals surface area (Å²) < 4.78 is 0. The Bertz CT molecular complexity index is 321. The Hall–Kier alpha value is -1.83. The van der Waals surface area contributed by atoms with Crippen molar-refractivity contribution in [1.29, 1.82) is 0 Å². The summed E-state index contributed by atoms with van der Waals surface area (Å²) in [6.45, 7) is 3.69. The summed E-state index contributed by atoms with van der Waals surface area (Å²) in [5.74, 6) is -1.54. The number of carboxylic acids is 1. The van der Waals surface area contributed by atoms with Crippen molar-refractivity contribution in [2.45, 2.75) is 26.3 Å². The topological polar surface area (TPSA) is 119 Å². The van der Waals surface area contributed by atoms with Gasteiger partial charge in [0.05, 0.1) is 0 Å². The number of carbonyl (C=O) groups is 3. The largest absolute Gasteiger partial charge is 0.480 e. The number of urea groups is 1. The van der Waals surface area contributed by atoms with E-state index < -0.39 is 18.0 Å². The highest BCUT2D eigenvalue weighted by Crippen LogP contribution is 1.96. The Balaban J connectivity index is 4.48. The van der Waals surface area contributed by atoms with E-state index in [4.69, 9.17) is 10.2 Å². The molecule has 0 aliphatic rings. The molecule has 0 bridgehead atoms. The number of carboxylic acid groups (broad SMARTS) is 1. The van der Waals surface area contributed by atoms with Gasteiger partial charge in [0.15, 0.2) is 0 Å². The number of aliphatic hydroxyl groups excluding tert-OH is 1. The molecule has 4 N–H and O–H groups in total. The fourth-order valence-electron chi connectivity index (χ4n) is 1.38. The molecule has 8 nitrogen and oxygen atoms in total. The first-order chi connectivity index (χ1) is 8.96. The van der Waals surface area contributed by atoms with Crippen LogP contribution in [0, 0.1) is 0 Å². The monoisotopic (exact) mass is 275 g/mol. The quantitative estimate of drug-likeness (QED) is 0.452. The summed E-state index contributed by atoms with van der Waals surface area (Å²) in [7, 11) is 0. The summed E-state index contributed by atoms with van der Waals surface area (Å²) in [6.07, 6.45) is -0.0835. The first-order valence-electron chi connectivity index (χ1n) is 6.12. The molecule has 0 spiro atoms. The van der Waals surface area contributed by atoms with Crippen LogP contribution < -0.4 is 10.6 Å². The molecule has 0 aromatic carbocycles. The van der Waals surface area contributed by atoms with Crippen LogP contribution in [-0.4, -0.2) is 65.3 Å². The normalized spacial score (nSPS) is 11.5. The minimum Gasteiger partial charge on any atom is -0.480 e. The van der Waals surface area contributed by atoms with Gasteiger partial charge in [-0.15, -0.1) is 0 Å². The molecule has 0 radical (unpaired) electrons. The van der Waals surface area contributed by atoms with Gasteiger partial charge in [-0.25, -0.2) is 9.59 Å². The van der Waals surface area contributed by atoms with Crippen LogP contribution in [0.5, 0.6) is 0 Å². The molecule has 0 aliphatic heterocycles. The van der Waals surface area contributed by atoms with Gasteiger partial charge in [0.2, 0.25) is 5.91 Å². The summed E-state index contributed by atoms with van der Waals surface area (Å²) >= 11 is 0. The van der Waals surface area contributed by atoms with E-state index in [1.165, 1.54) is 4.90 Å². The van der Waals surface area contributed by atoms with Gasteiger partial charge in [-0.1, -0.05) is 0 Å². The van der Waals surface area contributed by atoms with Crippen molar-refractivity contribution in [3.05, 3.63) is 0 Å². The molecule has 0 aromatic heterocycles. The first-order valence-corrected chi connectivity index (χ1v) is 6.12. The maximum absolute atomic E-state index is 11.8. The number of rotatable bonds is 8. The number of aliphatic carboxylic acids is 1. The average Bonchev–Trinajstić information content (AvgIpc) is 2.35. The van der Waals surface area contributed by atoms with Gasteiger partial charge in [-0.3, -0.25) is 4.79 Å². The summed E-state index contributed by atoms with van der Waals surface area (Å²) in [4.78, 5) is 35.2. The van der Waals surface area contributed by atoms with Crippen LogP contribution >= 0.6 is 0 Å². The molecular formula is C11H21N3O5. The number of hydrogen-bond donors (Lipinski definition) is 4. The van der Waals surface area contributed by atoms with Crippen molar-refractivity contribution in [1.82, 2.24) is 15.5 Å². The fourth-order valence-corrected chi connectivity index (χ4v) is 1.38. The lowest BCUT2D eigenvalue weighted by atomic mass is 10.2. The van der Waals surface area contributed by atoms with E-state index in [0.717, 1.165) is 0 Å². The first kappa shape index (κ1) is 17.2. The molecule has 0 saturated carbocycles. The van der Waals surface area contributed by atoms with E-state index in [2.05, 4.69) is 10.6 Å². The van der Waals surface area contributed by atoms with Gasteiger partial charge in [0, 0.05) is 26.1 Å². The van der Waals surface area contributed by atoms with Crippen molar-refractivity contribution in [3.8, 4) is 0 Å². The second kappa shape index (κ2) is 9.15. The molecule has 0 rings (SSSR count). The number of hydrogen-bond acceptors (Lipinski definition) is 4. The molecule has 0 aliphatic carbocycles. The Morgan fingerprint density at radius 1 is 1.26 bits per heavy atom. The lowest BCUT2D eigenvalue weighted by Crippen LogP contribution is -2.50.